The molecule has 0 fully saturated rings. The molecular weight excluding hydrogens is 187 g/mol. The van der Waals surface area contributed by atoms with Crippen LogP contribution in [0.5, 0.6) is 5.75 Å². The van der Waals surface area contributed by atoms with Crippen molar-refractivity contribution in [3.63, 3.8) is 0 Å². The summed E-state index contributed by atoms with van der Waals surface area (Å²) >= 11 is 1.51. The van der Waals surface area contributed by atoms with Gasteiger partial charge in [-0.3, -0.25) is 0 Å². The van der Waals surface area contributed by atoms with Crippen LogP contribution in [0.1, 0.15) is 12.5 Å². The summed E-state index contributed by atoms with van der Waals surface area (Å²) in [5, 5.41) is 0. The van der Waals surface area contributed by atoms with Crippen LogP contribution in [0.25, 0.3) is 0 Å². The van der Waals surface area contributed by atoms with E-state index in [1.54, 1.807) is 6.07 Å². The number of benzene rings is 1. The van der Waals surface area contributed by atoms with Gasteiger partial charge in [-0.1, -0.05) is 6.07 Å². The molecule has 0 unspecified atom stereocenters. The molecule has 1 rings (SSSR count). The first-order chi connectivity index (χ1) is 6.20. The number of halogens is 1. The van der Waals surface area contributed by atoms with Crippen LogP contribution >= 0.6 is 11.8 Å². The van der Waals surface area contributed by atoms with E-state index in [2.05, 4.69) is 0 Å². The Hall–Kier alpha value is -0.700. The highest BCUT2D eigenvalue weighted by Gasteiger charge is 2.10. The van der Waals surface area contributed by atoms with Crippen LogP contribution in [-0.4, -0.2) is 12.9 Å². The summed E-state index contributed by atoms with van der Waals surface area (Å²) in [5.41, 5.74) is 1.05. The molecule has 1 nitrogen and oxygen atoms in total. The van der Waals surface area contributed by atoms with Crippen LogP contribution in [0.4, 0.5) is 4.39 Å². The summed E-state index contributed by atoms with van der Waals surface area (Å²) in [4.78, 5) is 0.891. The number of thioether (sulfide) groups is 1. The highest BCUT2D eigenvalue weighted by Crippen LogP contribution is 2.33. The van der Waals surface area contributed by atoms with E-state index in [0.717, 1.165) is 10.5 Å². The number of aryl methyl sites for hydroxylation is 1. The standard InChI is InChI=1S/C10H13FOS/c1-4-12-9-8(11)6-5-7(2)10(9)13-3/h5-6H,4H2,1-3H3. The Morgan fingerprint density at radius 1 is 1.46 bits per heavy atom. The fraction of sp³-hybridized carbons (Fsp3) is 0.400. The Balaban J connectivity index is 3.18. The summed E-state index contributed by atoms with van der Waals surface area (Å²) in [6.45, 7) is 4.30. The van der Waals surface area contributed by atoms with E-state index < -0.39 is 0 Å². The van der Waals surface area contributed by atoms with Crippen molar-refractivity contribution in [2.24, 2.45) is 0 Å². The molecular formula is C10H13FOS. The summed E-state index contributed by atoms with van der Waals surface area (Å²) in [5.74, 6) is 0.104. The normalized spacial score (nSPS) is 10.2. The van der Waals surface area contributed by atoms with Gasteiger partial charge in [0.2, 0.25) is 0 Å². The molecule has 0 aliphatic heterocycles. The molecule has 0 N–H and O–H groups in total. The number of hydrogen-bond acceptors (Lipinski definition) is 2. The van der Waals surface area contributed by atoms with Gasteiger partial charge in [0.25, 0.3) is 0 Å². The highest BCUT2D eigenvalue weighted by molar-refractivity contribution is 7.98. The van der Waals surface area contributed by atoms with E-state index in [4.69, 9.17) is 4.74 Å². The number of hydrogen-bond donors (Lipinski definition) is 0. The van der Waals surface area contributed by atoms with Crippen molar-refractivity contribution in [1.82, 2.24) is 0 Å². The van der Waals surface area contributed by atoms with Gasteiger partial charge in [-0.25, -0.2) is 4.39 Å². The largest absolute Gasteiger partial charge is 0.490 e. The van der Waals surface area contributed by atoms with Crippen molar-refractivity contribution in [2.75, 3.05) is 12.9 Å². The molecule has 0 aliphatic rings. The lowest BCUT2D eigenvalue weighted by Gasteiger charge is -2.11. The second-order valence-electron chi connectivity index (χ2n) is 2.66. The highest BCUT2D eigenvalue weighted by atomic mass is 32.2. The van der Waals surface area contributed by atoms with Crippen LogP contribution in [0.3, 0.4) is 0 Å². The topological polar surface area (TPSA) is 9.23 Å². The summed E-state index contributed by atoms with van der Waals surface area (Å²) in [6.07, 6.45) is 1.92. The van der Waals surface area contributed by atoms with Crippen molar-refractivity contribution < 1.29 is 9.13 Å². The first-order valence-electron chi connectivity index (χ1n) is 4.16. The zero-order valence-corrected chi connectivity index (χ0v) is 8.87. The minimum absolute atomic E-state index is 0.281. The van der Waals surface area contributed by atoms with Gasteiger partial charge in [-0.15, -0.1) is 11.8 Å². The van der Waals surface area contributed by atoms with Crippen molar-refractivity contribution in [1.29, 1.82) is 0 Å². The molecule has 1 aromatic rings. The summed E-state index contributed by atoms with van der Waals surface area (Å²) in [7, 11) is 0. The van der Waals surface area contributed by atoms with Crippen LogP contribution < -0.4 is 4.74 Å². The maximum Gasteiger partial charge on any atom is 0.168 e. The van der Waals surface area contributed by atoms with Crippen LogP contribution in [-0.2, 0) is 0 Å². The van der Waals surface area contributed by atoms with Crippen molar-refractivity contribution in [2.45, 2.75) is 18.7 Å². The fourth-order valence-corrected chi connectivity index (χ4v) is 1.90. The zero-order valence-electron chi connectivity index (χ0n) is 8.06. The molecule has 0 amide bonds. The molecule has 0 radical (unpaired) electrons. The third-order valence-corrected chi connectivity index (χ3v) is 2.67. The van der Waals surface area contributed by atoms with Crippen LogP contribution in [0, 0.1) is 12.7 Å². The second-order valence-corrected chi connectivity index (χ2v) is 3.48. The average Bonchev–Trinajstić information content (AvgIpc) is 2.12. The Morgan fingerprint density at radius 3 is 2.69 bits per heavy atom. The van der Waals surface area contributed by atoms with Gasteiger partial charge in [-0.2, -0.15) is 0 Å². The molecule has 3 heteroatoms. The van der Waals surface area contributed by atoms with Gasteiger partial charge < -0.3 is 4.74 Å². The molecule has 0 atom stereocenters. The monoisotopic (exact) mass is 200 g/mol. The van der Waals surface area contributed by atoms with E-state index in [9.17, 15) is 4.39 Å². The zero-order chi connectivity index (χ0) is 9.84. The molecule has 0 heterocycles. The van der Waals surface area contributed by atoms with Crippen molar-refractivity contribution in [3.8, 4) is 5.75 Å². The Morgan fingerprint density at radius 2 is 2.15 bits per heavy atom. The van der Waals surface area contributed by atoms with Gasteiger partial charge >= 0.3 is 0 Å². The average molecular weight is 200 g/mol. The molecule has 13 heavy (non-hydrogen) atoms. The van der Waals surface area contributed by atoms with Gasteiger partial charge in [-0.05, 0) is 31.7 Å². The Bertz CT molecular complexity index is 299. The van der Waals surface area contributed by atoms with Crippen LogP contribution in [0.2, 0.25) is 0 Å². The minimum Gasteiger partial charge on any atom is -0.490 e. The van der Waals surface area contributed by atoms with E-state index >= 15 is 0 Å². The molecule has 0 spiro atoms. The molecule has 0 aromatic heterocycles. The Kier molecular flexibility index (Phi) is 3.60. The maximum atomic E-state index is 13.3. The molecule has 0 saturated heterocycles. The lowest BCUT2D eigenvalue weighted by Crippen LogP contribution is -1.97. The quantitative estimate of drug-likeness (QED) is 0.693. The molecule has 0 saturated carbocycles. The van der Waals surface area contributed by atoms with E-state index in [0.29, 0.717) is 12.4 Å². The SMILES string of the molecule is CCOc1c(F)ccc(C)c1SC. The van der Waals surface area contributed by atoms with Gasteiger partial charge in [0, 0.05) is 0 Å². The lowest BCUT2D eigenvalue weighted by molar-refractivity contribution is 0.312. The summed E-state index contributed by atoms with van der Waals surface area (Å²) in [6, 6.07) is 3.21. The first kappa shape index (κ1) is 10.4. The molecule has 72 valence electrons. The summed E-state index contributed by atoms with van der Waals surface area (Å²) < 4.78 is 18.5. The van der Waals surface area contributed by atoms with E-state index in [1.807, 2.05) is 20.1 Å². The van der Waals surface area contributed by atoms with E-state index in [-0.39, 0.29) is 5.82 Å². The maximum absolute atomic E-state index is 13.3. The lowest BCUT2D eigenvalue weighted by atomic mass is 10.2. The third kappa shape index (κ3) is 2.15. The van der Waals surface area contributed by atoms with Gasteiger partial charge in [0.05, 0.1) is 11.5 Å². The Labute approximate surface area is 82.3 Å². The van der Waals surface area contributed by atoms with Crippen molar-refractivity contribution in [3.05, 3.63) is 23.5 Å². The molecule has 0 aliphatic carbocycles. The van der Waals surface area contributed by atoms with Crippen molar-refractivity contribution >= 4 is 11.8 Å². The minimum atomic E-state index is -0.281. The van der Waals surface area contributed by atoms with E-state index in [1.165, 1.54) is 17.8 Å². The number of rotatable bonds is 3. The number of ether oxygens (including phenoxy) is 1. The predicted molar refractivity (Wildman–Crippen MR) is 54.1 cm³/mol. The van der Waals surface area contributed by atoms with Gasteiger partial charge in [0.1, 0.15) is 0 Å². The smallest absolute Gasteiger partial charge is 0.168 e. The van der Waals surface area contributed by atoms with Crippen LogP contribution in [0.15, 0.2) is 17.0 Å². The third-order valence-electron chi connectivity index (χ3n) is 1.75. The predicted octanol–water partition coefficient (Wildman–Crippen LogP) is 3.25. The van der Waals surface area contributed by atoms with Gasteiger partial charge in [0.15, 0.2) is 11.6 Å². The molecule has 0 bridgehead atoms. The second kappa shape index (κ2) is 4.51. The molecule has 1 aromatic carbocycles. The first-order valence-corrected chi connectivity index (χ1v) is 5.39. The fourth-order valence-electron chi connectivity index (χ4n) is 1.17.